The minimum Gasteiger partial charge on any atom is -0.496 e. The van der Waals surface area contributed by atoms with Gasteiger partial charge in [-0.2, -0.15) is 0 Å². The highest BCUT2D eigenvalue weighted by molar-refractivity contribution is 5.55. The quantitative estimate of drug-likeness (QED) is 0.869. The van der Waals surface area contributed by atoms with E-state index in [1.807, 2.05) is 13.0 Å². The maximum absolute atomic E-state index is 10.1. The first kappa shape index (κ1) is 10.9. The number of hydrogen-bond donors (Lipinski definition) is 1. The Bertz CT molecular complexity index is 457. The standard InChI is InChI=1S/C14H18O3/c1-9-7-12-10(3-6-17-12)11(13(9)16-2)8-14(15)4-5-14/h7,15H,3-6,8H2,1-2H3. The number of benzene rings is 1. The van der Waals surface area contributed by atoms with Gasteiger partial charge in [0.05, 0.1) is 19.3 Å². The molecular formula is C14H18O3. The second kappa shape index (κ2) is 3.64. The summed E-state index contributed by atoms with van der Waals surface area (Å²) in [5.74, 6) is 1.90. The number of hydrogen-bond acceptors (Lipinski definition) is 3. The van der Waals surface area contributed by atoms with Gasteiger partial charge in [-0.15, -0.1) is 0 Å². The molecule has 1 fully saturated rings. The Balaban J connectivity index is 2.09. The van der Waals surface area contributed by atoms with Crippen molar-refractivity contribution in [1.82, 2.24) is 0 Å². The van der Waals surface area contributed by atoms with Crippen LogP contribution in [0, 0.1) is 6.92 Å². The molecule has 0 radical (unpaired) electrons. The Labute approximate surface area is 101 Å². The van der Waals surface area contributed by atoms with Crippen LogP contribution in [0.15, 0.2) is 6.07 Å². The minimum absolute atomic E-state index is 0.489. The molecule has 0 spiro atoms. The molecule has 3 heteroatoms. The average molecular weight is 234 g/mol. The lowest BCUT2D eigenvalue weighted by molar-refractivity contribution is 0.149. The summed E-state index contributed by atoms with van der Waals surface area (Å²) in [5.41, 5.74) is 2.98. The highest BCUT2D eigenvalue weighted by atomic mass is 16.5. The van der Waals surface area contributed by atoms with E-state index in [2.05, 4.69) is 0 Å². The number of methoxy groups -OCH3 is 1. The Kier molecular flexibility index (Phi) is 2.33. The smallest absolute Gasteiger partial charge is 0.125 e. The van der Waals surface area contributed by atoms with Gasteiger partial charge in [-0.1, -0.05) is 0 Å². The van der Waals surface area contributed by atoms with Crippen molar-refractivity contribution < 1.29 is 14.6 Å². The summed E-state index contributed by atoms with van der Waals surface area (Å²) >= 11 is 0. The van der Waals surface area contributed by atoms with Gasteiger partial charge in [0.1, 0.15) is 11.5 Å². The zero-order chi connectivity index (χ0) is 12.0. The van der Waals surface area contributed by atoms with Gasteiger partial charge in [0.15, 0.2) is 0 Å². The molecule has 0 amide bonds. The summed E-state index contributed by atoms with van der Waals surface area (Å²) in [4.78, 5) is 0. The van der Waals surface area contributed by atoms with E-state index in [4.69, 9.17) is 9.47 Å². The third kappa shape index (κ3) is 1.78. The molecule has 1 heterocycles. The SMILES string of the molecule is COc1c(C)cc2c(c1CC1(O)CC1)CCO2. The van der Waals surface area contributed by atoms with Crippen LogP contribution in [0.25, 0.3) is 0 Å². The van der Waals surface area contributed by atoms with Gasteiger partial charge in [-0.3, -0.25) is 0 Å². The van der Waals surface area contributed by atoms with Crippen LogP contribution in [0.3, 0.4) is 0 Å². The zero-order valence-corrected chi connectivity index (χ0v) is 10.4. The largest absolute Gasteiger partial charge is 0.496 e. The number of ether oxygens (including phenoxy) is 2. The third-order valence-electron chi connectivity index (χ3n) is 3.79. The molecule has 0 saturated heterocycles. The lowest BCUT2D eigenvalue weighted by Crippen LogP contribution is -2.13. The second-order valence-corrected chi connectivity index (χ2v) is 5.18. The normalized spacial score (nSPS) is 19.7. The maximum Gasteiger partial charge on any atom is 0.125 e. The first-order chi connectivity index (χ1) is 8.13. The van der Waals surface area contributed by atoms with Gasteiger partial charge >= 0.3 is 0 Å². The molecule has 2 aliphatic rings. The van der Waals surface area contributed by atoms with E-state index in [1.165, 1.54) is 5.56 Å². The van der Waals surface area contributed by atoms with Crippen molar-refractivity contribution in [2.45, 2.75) is 38.2 Å². The van der Waals surface area contributed by atoms with Crippen molar-refractivity contribution in [3.63, 3.8) is 0 Å². The lowest BCUT2D eigenvalue weighted by atomic mass is 9.95. The van der Waals surface area contributed by atoms with Crippen molar-refractivity contribution in [2.24, 2.45) is 0 Å². The van der Waals surface area contributed by atoms with Crippen LogP contribution >= 0.6 is 0 Å². The Morgan fingerprint density at radius 1 is 1.47 bits per heavy atom. The minimum atomic E-state index is -0.489. The molecule has 1 aliphatic carbocycles. The highest BCUT2D eigenvalue weighted by Crippen LogP contribution is 2.45. The van der Waals surface area contributed by atoms with Crippen molar-refractivity contribution >= 4 is 0 Å². The summed E-state index contributed by atoms with van der Waals surface area (Å²) in [7, 11) is 1.70. The van der Waals surface area contributed by atoms with Crippen LogP contribution in [0.1, 0.15) is 29.5 Å². The Hall–Kier alpha value is -1.22. The topological polar surface area (TPSA) is 38.7 Å². The molecule has 92 valence electrons. The van der Waals surface area contributed by atoms with Crippen molar-refractivity contribution in [1.29, 1.82) is 0 Å². The third-order valence-corrected chi connectivity index (χ3v) is 3.79. The number of aliphatic hydroxyl groups is 1. The van der Waals surface area contributed by atoms with Crippen LogP contribution in [-0.4, -0.2) is 24.4 Å². The molecule has 1 aromatic rings. The second-order valence-electron chi connectivity index (χ2n) is 5.18. The summed E-state index contributed by atoms with van der Waals surface area (Å²) in [6.45, 7) is 2.77. The maximum atomic E-state index is 10.1. The van der Waals surface area contributed by atoms with Gasteiger partial charge in [-0.25, -0.2) is 0 Å². The van der Waals surface area contributed by atoms with E-state index in [1.54, 1.807) is 7.11 Å². The molecule has 0 aromatic heterocycles. The van der Waals surface area contributed by atoms with Gasteiger partial charge in [0, 0.05) is 24.0 Å². The van der Waals surface area contributed by atoms with E-state index < -0.39 is 5.60 Å². The summed E-state index contributed by atoms with van der Waals surface area (Å²) < 4.78 is 11.1. The van der Waals surface area contributed by atoms with Gasteiger partial charge in [-0.05, 0) is 31.4 Å². The average Bonchev–Trinajstić information content (AvgIpc) is 2.84. The molecule has 3 nitrogen and oxygen atoms in total. The summed E-state index contributed by atoms with van der Waals surface area (Å²) in [5, 5.41) is 10.1. The predicted octanol–water partition coefficient (Wildman–Crippen LogP) is 2.01. The van der Waals surface area contributed by atoms with Crippen LogP contribution < -0.4 is 9.47 Å². The Morgan fingerprint density at radius 2 is 2.24 bits per heavy atom. The monoisotopic (exact) mass is 234 g/mol. The summed E-state index contributed by atoms with van der Waals surface area (Å²) in [6.07, 6.45) is 3.43. The molecule has 1 aliphatic heterocycles. The fraction of sp³-hybridized carbons (Fsp3) is 0.571. The molecule has 0 unspecified atom stereocenters. The Morgan fingerprint density at radius 3 is 2.88 bits per heavy atom. The van der Waals surface area contributed by atoms with E-state index >= 15 is 0 Å². The van der Waals surface area contributed by atoms with E-state index in [-0.39, 0.29) is 0 Å². The van der Waals surface area contributed by atoms with Crippen molar-refractivity contribution in [3.8, 4) is 11.5 Å². The zero-order valence-electron chi connectivity index (χ0n) is 10.4. The number of aryl methyl sites for hydroxylation is 1. The lowest BCUT2D eigenvalue weighted by Gasteiger charge is -2.17. The first-order valence-electron chi connectivity index (χ1n) is 6.17. The van der Waals surface area contributed by atoms with E-state index in [0.29, 0.717) is 6.42 Å². The number of fused-ring (bicyclic) bond motifs is 1. The number of rotatable bonds is 3. The molecule has 17 heavy (non-hydrogen) atoms. The van der Waals surface area contributed by atoms with Crippen LogP contribution in [0.4, 0.5) is 0 Å². The van der Waals surface area contributed by atoms with Gasteiger partial charge in [0.25, 0.3) is 0 Å². The molecule has 1 aromatic carbocycles. The molecular weight excluding hydrogens is 216 g/mol. The molecule has 0 atom stereocenters. The van der Waals surface area contributed by atoms with E-state index in [9.17, 15) is 5.11 Å². The molecule has 3 rings (SSSR count). The van der Waals surface area contributed by atoms with Gasteiger partial charge < -0.3 is 14.6 Å². The molecule has 1 saturated carbocycles. The highest BCUT2D eigenvalue weighted by Gasteiger charge is 2.42. The van der Waals surface area contributed by atoms with Crippen LogP contribution in [0.5, 0.6) is 11.5 Å². The molecule has 0 bridgehead atoms. The first-order valence-corrected chi connectivity index (χ1v) is 6.17. The molecule has 1 N–H and O–H groups in total. The fourth-order valence-electron chi connectivity index (χ4n) is 2.66. The fourth-order valence-corrected chi connectivity index (χ4v) is 2.66. The van der Waals surface area contributed by atoms with Crippen LogP contribution in [-0.2, 0) is 12.8 Å². The van der Waals surface area contributed by atoms with E-state index in [0.717, 1.165) is 48.5 Å². The van der Waals surface area contributed by atoms with Crippen LogP contribution in [0.2, 0.25) is 0 Å². The summed E-state index contributed by atoms with van der Waals surface area (Å²) in [6, 6.07) is 2.04. The predicted molar refractivity (Wildman–Crippen MR) is 64.8 cm³/mol. The van der Waals surface area contributed by atoms with Crippen molar-refractivity contribution in [3.05, 3.63) is 22.8 Å². The van der Waals surface area contributed by atoms with Crippen molar-refractivity contribution in [2.75, 3.05) is 13.7 Å². The van der Waals surface area contributed by atoms with Gasteiger partial charge in [0.2, 0.25) is 0 Å².